The van der Waals surface area contributed by atoms with E-state index in [9.17, 15) is 9.90 Å². The van der Waals surface area contributed by atoms with E-state index in [1.807, 2.05) is 20.0 Å². The third-order valence-corrected chi connectivity index (χ3v) is 3.29. The highest BCUT2D eigenvalue weighted by atomic mass is 16.4. The van der Waals surface area contributed by atoms with E-state index in [0.29, 0.717) is 17.5 Å². The van der Waals surface area contributed by atoms with Gasteiger partial charge in [0.2, 0.25) is 0 Å². The maximum Gasteiger partial charge on any atom is 0.337 e. The topological polar surface area (TPSA) is 40.5 Å². The van der Waals surface area contributed by atoms with Gasteiger partial charge in [0.05, 0.1) is 11.3 Å². The Morgan fingerprint density at radius 1 is 1.33 bits per heavy atom. The molecule has 1 aromatic rings. The van der Waals surface area contributed by atoms with E-state index >= 15 is 0 Å². The number of benzene rings is 1. The van der Waals surface area contributed by atoms with E-state index in [1.54, 1.807) is 12.1 Å². The lowest BCUT2D eigenvalue weighted by Gasteiger charge is -2.30. The zero-order valence-corrected chi connectivity index (χ0v) is 11.9. The summed E-state index contributed by atoms with van der Waals surface area (Å²) in [7, 11) is 1.97. The zero-order chi connectivity index (χ0) is 13.9. The molecule has 0 amide bonds. The fourth-order valence-corrected chi connectivity index (χ4v) is 2.36. The monoisotopic (exact) mass is 249 g/mol. The summed E-state index contributed by atoms with van der Waals surface area (Å²) in [4.78, 5) is 13.4. The normalized spacial score (nSPS) is 12.6. The van der Waals surface area contributed by atoms with Gasteiger partial charge in [-0.15, -0.1) is 0 Å². The van der Waals surface area contributed by atoms with Gasteiger partial charge in [0.15, 0.2) is 0 Å². The first-order valence-electron chi connectivity index (χ1n) is 6.40. The molecular weight excluding hydrogens is 226 g/mol. The van der Waals surface area contributed by atoms with E-state index < -0.39 is 5.97 Å². The van der Waals surface area contributed by atoms with E-state index in [-0.39, 0.29) is 0 Å². The Labute approximate surface area is 109 Å². The molecule has 3 nitrogen and oxygen atoms in total. The summed E-state index contributed by atoms with van der Waals surface area (Å²) in [5.41, 5.74) is 2.22. The molecule has 0 saturated heterocycles. The molecule has 0 aliphatic heterocycles. The van der Waals surface area contributed by atoms with E-state index in [1.165, 1.54) is 0 Å². The molecule has 100 valence electrons. The third kappa shape index (κ3) is 3.25. The molecule has 0 bridgehead atoms. The van der Waals surface area contributed by atoms with Gasteiger partial charge >= 0.3 is 5.97 Å². The molecule has 1 rings (SSSR count). The summed E-state index contributed by atoms with van der Waals surface area (Å²) >= 11 is 0. The largest absolute Gasteiger partial charge is 0.478 e. The fraction of sp³-hybridized carbons (Fsp3) is 0.533. The molecule has 0 aromatic heterocycles. The van der Waals surface area contributed by atoms with Crippen LogP contribution in [0.4, 0.5) is 5.69 Å². The Bertz CT molecular complexity index is 427. The minimum atomic E-state index is -0.864. The van der Waals surface area contributed by atoms with Gasteiger partial charge in [-0.3, -0.25) is 0 Å². The van der Waals surface area contributed by atoms with Crippen LogP contribution in [0.15, 0.2) is 18.2 Å². The van der Waals surface area contributed by atoms with Crippen LogP contribution in [0.25, 0.3) is 0 Å². The van der Waals surface area contributed by atoms with E-state index in [4.69, 9.17) is 0 Å². The number of anilines is 1. The van der Waals surface area contributed by atoms with Gasteiger partial charge in [-0.25, -0.2) is 4.79 Å². The Morgan fingerprint density at radius 3 is 2.44 bits per heavy atom. The lowest BCUT2D eigenvalue weighted by Crippen LogP contribution is -2.32. The highest BCUT2D eigenvalue weighted by molar-refractivity contribution is 5.95. The second kappa shape index (κ2) is 5.89. The van der Waals surface area contributed by atoms with Gasteiger partial charge < -0.3 is 10.0 Å². The summed E-state index contributed by atoms with van der Waals surface area (Å²) < 4.78 is 0. The fourth-order valence-electron chi connectivity index (χ4n) is 2.36. The molecule has 1 aromatic carbocycles. The van der Waals surface area contributed by atoms with Crippen LogP contribution in [-0.4, -0.2) is 24.2 Å². The number of hydrogen-bond donors (Lipinski definition) is 1. The number of carboxylic acid groups (broad SMARTS) is 1. The molecule has 1 atom stereocenters. The first-order valence-corrected chi connectivity index (χ1v) is 6.40. The van der Waals surface area contributed by atoms with Crippen LogP contribution < -0.4 is 4.90 Å². The molecule has 0 aliphatic carbocycles. The van der Waals surface area contributed by atoms with Crippen molar-refractivity contribution >= 4 is 11.7 Å². The second-order valence-electron chi connectivity index (χ2n) is 5.37. The summed E-state index contributed by atoms with van der Waals surface area (Å²) in [6.45, 7) is 8.46. The molecule has 1 N–H and O–H groups in total. The molecule has 3 heteroatoms. The molecule has 0 spiro atoms. The average molecular weight is 249 g/mol. The van der Waals surface area contributed by atoms with Crippen LogP contribution in [0.3, 0.4) is 0 Å². The highest BCUT2D eigenvalue weighted by Crippen LogP contribution is 2.27. The predicted molar refractivity (Wildman–Crippen MR) is 75.5 cm³/mol. The molecule has 1 unspecified atom stereocenters. The van der Waals surface area contributed by atoms with Crippen LogP contribution in [0.1, 0.15) is 43.1 Å². The van der Waals surface area contributed by atoms with Crippen molar-refractivity contribution in [2.75, 3.05) is 11.9 Å². The van der Waals surface area contributed by atoms with Gasteiger partial charge in [0.25, 0.3) is 0 Å². The first kappa shape index (κ1) is 14.6. The van der Waals surface area contributed by atoms with Crippen molar-refractivity contribution in [3.8, 4) is 0 Å². The molecular formula is C15H23NO2. The number of hydrogen-bond acceptors (Lipinski definition) is 2. The van der Waals surface area contributed by atoms with Crippen LogP contribution in [0, 0.1) is 12.8 Å². The van der Waals surface area contributed by atoms with Crippen LogP contribution >= 0.6 is 0 Å². The third-order valence-electron chi connectivity index (χ3n) is 3.29. The zero-order valence-electron chi connectivity index (χ0n) is 11.9. The maximum absolute atomic E-state index is 11.3. The lowest BCUT2D eigenvalue weighted by molar-refractivity contribution is 0.0697. The number of rotatable bonds is 5. The van der Waals surface area contributed by atoms with Gasteiger partial charge in [-0.1, -0.05) is 26.0 Å². The summed E-state index contributed by atoms with van der Waals surface area (Å²) in [5.74, 6) is -0.267. The Balaban J connectivity index is 3.11. The van der Waals surface area contributed by atoms with Crippen LogP contribution in [0.5, 0.6) is 0 Å². The van der Waals surface area contributed by atoms with Crippen molar-refractivity contribution in [2.24, 2.45) is 5.92 Å². The quantitative estimate of drug-likeness (QED) is 0.867. The Morgan fingerprint density at radius 2 is 1.94 bits per heavy atom. The predicted octanol–water partition coefficient (Wildman–Crippen LogP) is 3.56. The molecule has 18 heavy (non-hydrogen) atoms. The van der Waals surface area contributed by atoms with Gasteiger partial charge in [-0.2, -0.15) is 0 Å². The van der Waals surface area contributed by atoms with Crippen molar-refractivity contribution in [1.29, 1.82) is 0 Å². The van der Waals surface area contributed by atoms with E-state index in [2.05, 4.69) is 25.7 Å². The van der Waals surface area contributed by atoms with Crippen molar-refractivity contribution < 1.29 is 9.90 Å². The first-order chi connectivity index (χ1) is 8.34. The van der Waals surface area contributed by atoms with Gasteiger partial charge in [0, 0.05) is 13.1 Å². The number of carbonyl (C=O) groups is 1. The Hall–Kier alpha value is -1.51. The van der Waals surface area contributed by atoms with Crippen LogP contribution in [-0.2, 0) is 0 Å². The highest BCUT2D eigenvalue weighted by Gasteiger charge is 2.19. The summed E-state index contributed by atoms with van der Waals surface area (Å²) in [6, 6.07) is 5.75. The van der Waals surface area contributed by atoms with E-state index in [0.717, 1.165) is 17.7 Å². The number of aromatic carboxylic acids is 1. The second-order valence-corrected chi connectivity index (χ2v) is 5.37. The SMILES string of the molecule is Cc1cccc(C(=O)O)c1N(C)C(C)CC(C)C. The minimum absolute atomic E-state index is 0.323. The Kier molecular flexibility index (Phi) is 4.76. The number of para-hydroxylation sites is 1. The number of carboxylic acids is 1. The number of nitrogens with zero attached hydrogens (tertiary/aromatic N) is 1. The molecule has 0 fully saturated rings. The van der Waals surface area contributed by atoms with Gasteiger partial charge in [-0.05, 0) is 37.8 Å². The lowest BCUT2D eigenvalue weighted by atomic mass is 10.0. The molecule has 0 aliphatic rings. The molecule has 0 saturated carbocycles. The van der Waals surface area contributed by atoms with Crippen LogP contribution in [0.2, 0.25) is 0 Å². The van der Waals surface area contributed by atoms with Crippen molar-refractivity contribution in [3.05, 3.63) is 29.3 Å². The minimum Gasteiger partial charge on any atom is -0.478 e. The summed E-state index contributed by atoms with van der Waals surface area (Å²) in [5, 5.41) is 9.28. The smallest absolute Gasteiger partial charge is 0.337 e. The maximum atomic E-state index is 11.3. The van der Waals surface area contributed by atoms with Crippen molar-refractivity contribution in [2.45, 2.75) is 40.2 Å². The molecule has 0 radical (unpaired) electrons. The molecule has 0 heterocycles. The average Bonchev–Trinajstić information content (AvgIpc) is 2.26. The van der Waals surface area contributed by atoms with Crippen molar-refractivity contribution in [3.63, 3.8) is 0 Å². The number of aryl methyl sites for hydroxylation is 1. The van der Waals surface area contributed by atoms with Crippen molar-refractivity contribution in [1.82, 2.24) is 0 Å². The van der Waals surface area contributed by atoms with Gasteiger partial charge in [0.1, 0.15) is 0 Å². The summed E-state index contributed by atoms with van der Waals surface area (Å²) in [6.07, 6.45) is 1.05. The standard InChI is InChI=1S/C15H23NO2/c1-10(2)9-12(4)16(5)14-11(3)7-6-8-13(14)15(17)18/h6-8,10,12H,9H2,1-5H3,(H,17,18).